The highest BCUT2D eigenvalue weighted by atomic mass is 16.5. The van der Waals surface area contributed by atoms with Gasteiger partial charge in [-0.2, -0.15) is 0 Å². The van der Waals surface area contributed by atoms with Gasteiger partial charge in [0, 0.05) is 12.1 Å². The Hall–Kier alpha value is -3.02. The molecule has 1 amide bonds. The first-order valence-electron chi connectivity index (χ1n) is 9.79. The molecule has 0 bridgehead atoms. The quantitative estimate of drug-likeness (QED) is 0.667. The Morgan fingerprint density at radius 2 is 1.93 bits per heavy atom. The zero-order valence-electron chi connectivity index (χ0n) is 16.1. The maximum Gasteiger partial charge on any atom is 0.412 e. The number of hydrogen-bond donors (Lipinski definition) is 1. The van der Waals surface area contributed by atoms with Crippen LogP contribution in [0.25, 0.3) is 5.65 Å². The summed E-state index contributed by atoms with van der Waals surface area (Å²) in [4.78, 5) is 16.9. The molecule has 1 aliphatic rings. The van der Waals surface area contributed by atoms with Crippen LogP contribution in [0.3, 0.4) is 0 Å². The number of anilines is 1. The summed E-state index contributed by atoms with van der Waals surface area (Å²) in [5, 5.41) is 2.87. The Kier molecular flexibility index (Phi) is 5.46. The van der Waals surface area contributed by atoms with Gasteiger partial charge in [0.1, 0.15) is 12.4 Å². The van der Waals surface area contributed by atoms with Gasteiger partial charge in [-0.3, -0.25) is 9.72 Å². The van der Waals surface area contributed by atoms with Crippen LogP contribution in [-0.4, -0.2) is 22.6 Å². The van der Waals surface area contributed by atoms with Crippen molar-refractivity contribution < 1.29 is 14.3 Å². The van der Waals surface area contributed by atoms with Gasteiger partial charge in [0.05, 0.1) is 12.8 Å². The number of fused-ring (bicyclic) bond motifs is 1. The molecule has 3 aromatic rings. The molecule has 0 aliphatic heterocycles. The molecule has 0 radical (unpaired) electrons. The minimum absolute atomic E-state index is 0.336. The van der Waals surface area contributed by atoms with Gasteiger partial charge in [0.2, 0.25) is 0 Å². The van der Waals surface area contributed by atoms with E-state index in [9.17, 15) is 4.79 Å². The monoisotopic (exact) mass is 379 g/mol. The molecule has 0 atom stereocenters. The van der Waals surface area contributed by atoms with Crippen LogP contribution in [0.15, 0.2) is 48.7 Å². The molecule has 1 fully saturated rings. The minimum Gasteiger partial charge on any atom is -0.485 e. The summed E-state index contributed by atoms with van der Waals surface area (Å²) in [7, 11) is 1.37. The van der Waals surface area contributed by atoms with E-state index in [4.69, 9.17) is 14.5 Å². The number of ether oxygens (including phenoxy) is 2. The lowest BCUT2D eigenvalue weighted by molar-refractivity contribution is 0.186. The predicted molar refractivity (Wildman–Crippen MR) is 108 cm³/mol. The van der Waals surface area contributed by atoms with Gasteiger partial charge in [-0.15, -0.1) is 0 Å². The third-order valence-corrected chi connectivity index (χ3v) is 5.28. The molecule has 146 valence electrons. The van der Waals surface area contributed by atoms with E-state index in [1.807, 2.05) is 53.1 Å². The highest BCUT2D eigenvalue weighted by Crippen LogP contribution is 2.38. The van der Waals surface area contributed by atoms with E-state index in [1.165, 1.54) is 26.4 Å². The van der Waals surface area contributed by atoms with Crippen molar-refractivity contribution in [3.05, 3.63) is 59.9 Å². The Morgan fingerprint density at radius 3 is 2.68 bits per heavy atom. The number of benzene rings is 1. The maximum absolute atomic E-state index is 11.9. The smallest absolute Gasteiger partial charge is 0.412 e. The van der Waals surface area contributed by atoms with Crippen molar-refractivity contribution in [2.75, 3.05) is 12.4 Å². The molecule has 2 aromatic heterocycles. The summed E-state index contributed by atoms with van der Waals surface area (Å²) < 4.78 is 12.8. The fourth-order valence-corrected chi connectivity index (χ4v) is 3.84. The van der Waals surface area contributed by atoms with Crippen LogP contribution >= 0.6 is 0 Å². The summed E-state index contributed by atoms with van der Waals surface area (Å²) in [5.41, 5.74) is 2.72. The Balaban J connectivity index is 1.70. The molecule has 28 heavy (non-hydrogen) atoms. The molecule has 6 heteroatoms. The Labute approximate surface area is 164 Å². The highest BCUT2D eigenvalue weighted by molar-refractivity contribution is 5.85. The van der Waals surface area contributed by atoms with Gasteiger partial charge in [-0.05, 0) is 30.5 Å². The average Bonchev–Trinajstić information content (AvgIpc) is 3.12. The summed E-state index contributed by atoms with van der Waals surface area (Å²) in [6.45, 7) is 0.464. The molecule has 1 aliphatic carbocycles. The molecular formula is C22H25N3O3. The third kappa shape index (κ3) is 3.81. The fourth-order valence-electron chi connectivity index (χ4n) is 3.84. The normalized spacial score (nSPS) is 14.8. The lowest BCUT2D eigenvalue weighted by Gasteiger charge is -2.20. The molecule has 0 unspecified atom stereocenters. The van der Waals surface area contributed by atoms with Crippen molar-refractivity contribution >= 4 is 17.6 Å². The number of nitrogens with zero attached hydrogens (tertiary/aromatic N) is 2. The third-order valence-electron chi connectivity index (χ3n) is 5.28. The number of pyridine rings is 1. The summed E-state index contributed by atoms with van der Waals surface area (Å²) in [5.74, 6) is 1.71. The number of hydrogen-bond acceptors (Lipinski definition) is 4. The van der Waals surface area contributed by atoms with Crippen LogP contribution < -0.4 is 10.1 Å². The number of carbonyl (C=O) groups excluding carboxylic acids is 1. The number of amides is 1. The number of carbonyl (C=O) groups is 1. The molecule has 1 N–H and O–H groups in total. The van der Waals surface area contributed by atoms with E-state index in [-0.39, 0.29) is 0 Å². The topological polar surface area (TPSA) is 64.9 Å². The molecule has 0 spiro atoms. The first-order valence-corrected chi connectivity index (χ1v) is 9.79. The standard InChI is InChI=1S/C22H25N3O3/c1-27-22(26)24-21-19(17-11-6-3-7-12-17)23-20-18(13-8-14-25(20)21)28-15-16-9-4-2-5-10-16/h2,4-5,8-10,13-14,17H,3,6-7,11-12,15H2,1H3,(H,24,26). The Morgan fingerprint density at radius 1 is 1.14 bits per heavy atom. The van der Waals surface area contributed by atoms with Crippen LogP contribution in [-0.2, 0) is 11.3 Å². The van der Waals surface area contributed by atoms with Crippen LogP contribution in [0, 0.1) is 0 Å². The molecule has 6 nitrogen and oxygen atoms in total. The van der Waals surface area contributed by atoms with Crippen molar-refractivity contribution in [1.29, 1.82) is 0 Å². The lowest BCUT2D eigenvalue weighted by Crippen LogP contribution is -2.16. The van der Waals surface area contributed by atoms with Crippen LogP contribution in [0.4, 0.5) is 10.6 Å². The second-order valence-electron chi connectivity index (χ2n) is 7.14. The van der Waals surface area contributed by atoms with E-state index in [0.29, 0.717) is 29.7 Å². The van der Waals surface area contributed by atoms with Crippen molar-refractivity contribution in [3.8, 4) is 5.75 Å². The Bertz CT molecular complexity index is 946. The molecular weight excluding hydrogens is 354 g/mol. The zero-order valence-corrected chi connectivity index (χ0v) is 16.1. The lowest BCUT2D eigenvalue weighted by atomic mass is 9.87. The van der Waals surface area contributed by atoms with Gasteiger partial charge < -0.3 is 9.47 Å². The van der Waals surface area contributed by atoms with E-state index in [0.717, 1.165) is 24.1 Å². The van der Waals surface area contributed by atoms with Crippen LogP contribution in [0.1, 0.15) is 49.3 Å². The largest absolute Gasteiger partial charge is 0.485 e. The molecule has 2 heterocycles. The van der Waals surface area contributed by atoms with Gasteiger partial charge in [-0.1, -0.05) is 49.6 Å². The van der Waals surface area contributed by atoms with Crippen molar-refractivity contribution in [2.45, 2.75) is 44.6 Å². The summed E-state index contributed by atoms with van der Waals surface area (Å²) >= 11 is 0. The first-order chi connectivity index (χ1) is 13.8. The predicted octanol–water partition coefficient (Wildman–Crippen LogP) is 5.14. The van der Waals surface area contributed by atoms with Gasteiger partial charge in [-0.25, -0.2) is 9.78 Å². The van der Waals surface area contributed by atoms with Crippen molar-refractivity contribution in [1.82, 2.24) is 9.38 Å². The molecule has 1 aromatic carbocycles. The van der Waals surface area contributed by atoms with Crippen molar-refractivity contribution in [3.63, 3.8) is 0 Å². The van der Waals surface area contributed by atoms with Crippen LogP contribution in [0.5, 0.6) is 5.75 Å². The number of aromatic nitrogens is 2. The number of imidazole rings is 1. The molecule has 4 rings (SSSR count). The minimum atomic E-state index is -0.491. The first kappa shape index (κ1) is 18.3. The fraction of sp³-hybridized carbons (Fsp3) is 0.364. The van der Waals surface area contributed by atoms with Crippen LogP contribution in [0.2, 0.25) is 0 Å². The second-order valence-corrected chi connectivity index (χ2v) is 7.14. The molecule has 0 saturated heterocycles. The summed E-state index contributed by atoms with van der Waals surface area (Å²) in [6, 6.07) is 13.9. The average molecular weight is 379 g/mol. The van der Waals surface area contributed by atoms with Gasteiger partial charge >= 0.3 is 6.09 Å². The SMILES string of the molecule is COC(=O)Nc1c(C2CCCCC2)nc2c(OCc3ccccc3)cccn12. The highest BCUT2D eigenvalue weighted by Gasteiger charge is 2.25. The number of rotatable bonds is 5. The van der Waals surface area contributed by atoms with E-state index < -0.39 is 6.09 Å². The van der Waals surface area contributed by atoms with Gasteiger partial charge in [0.15, 0.2) is 11.4 Å². The molecule has 1 saturated carbocycles. The zero-order chi connectivity index (χ0) is 19.3. The van der Waals surface area contributed by atoms with Crippen molar-refractivity contribution in [2.24, 2.45) is 0 Å². The van der Waals surface area contributed by atoms with E-state index >= 15 is 0 Å². The van der Waals surface area contributed by atoms with Gasteiger partial charge in [0.25, 0.3) is 0 Å². The second kappa shape index (κ2) is 8.33. The van der Waals surface area contributed by atoms with E-state index in [2.05, 4.69) is 5.32 Å². The maximum atomic E-state index is 11.9. The summed E-state index contributed by atoms with van der Waals surface area (Å²) in [6.07, 6.45) is 7.21. The van der Waals surface area contributed by atoms with E-state index in [1.54, 1.807) is 0 Å². The number of methoxy groups -OCH3 is 1. The number of nitrogens with one attached hydrogen (secondary N) is 1.